The number of rotatable bonds is 16. The van der Waals surface area contributed by atoms with Crippen LogP contribution in [0.5, 0.6) is 5.75 Å². The Bertz CT molecular complexity index is 1460. The van der Waals surface area contributed by atoms with Gasteiger partial charge in [-0.15, -0.1) is 0 Å². The minimum absolute atomic E-state index is 0.0862. The molecule has 12 heteroatoms. The number of esters is 1. The maximum absolute atomic E-state index is 14.3. The predicted octanol–water partition coefficient (Wildman–Crippen LogP) is 9.96. The average Bonchev–Trinajstić information content (AvgIpc) is 3.35. The van der Waals surface area contributed by atoms with Crippen LogP contribution in [0.3, 0.4) is 0 Å². The summed E-state index contributed by atoms with van der Waals surface area (Å²) in [7, 11) is 0. The number of halogens is 8. The smallest absolute Gasteiger partial charge is 0.378 e. The van der Waals surface area contributed by atoms with Crippen molar-refractivity contribution < 1.29 is 53.8 Å². The molecule has 1 heterocycles. The molecule has 0 amide bonds. The number of carbonyl (C=O) groups is 1. The van der Waals surface area contributed by atoms with Crippen LogP contribution < -0.4 is 4.74 Å². The van der Waals surface area contributed by atoms with Crippen LogP contribution in [0.4, 0.5) is 35.1 Å². The highest BCUT2D eigenvalue weighted by Crippen LogP contribution is 2.54. The molecule has 0 fully saturated rings. The lowest BCUT2D eigenvalue weighted by Crippen LogP contribution is -2.62. The van der Waals surface area contributed by atoms with Crippen molar-refractivity contribution in [1.82, 2.24) is 0 Å². The number of hydrogen-bond acceptors (Lipinski definition) is 4. The molecule has 3 rings (SSSR count). The Hall–Kier alpha value is -3.57. The molecule has 0 radical (unpaired) electrons. The number of aryl methyl sites for hydroxylation is 2. The van der Waals surface area contributed by atoms with Gasteiger partial charge in [0.2, 0.25) is 0 Å². The summed E-state index contributed by atoms with van der Waals surface area (Å²) >= 11 is 0. The summed E-state index contributed by atoms with van der Waals surface area (Å²) in [6, 6.07) is 12.0. The van der Waals surface area contributed by atoms with Crippen LogP contribution in [0.25, 0.3) is 22.3 Å². The molecule has 0 unspecified atom stereocenters. The first-order valence-corrected chi connectivity index (χ1v) is 14.0. The van der Waals surface area contributed by atoms with Gasteiger partial charge in [0.25, 0.3) is 0 Å². The van der Waals surface area contributed by atoms with E-state index in [0.717, 1.165) is 43.7 Å². The molecule has 1 aromatic heterocycles. The maximum atomic E-state index is 14.3. The number of carbonyl (C=O) groups excluding carboxylic acids is 1. The van der Waals surface area contributed by atoms with Crippen LogP contribution in [-0.2, 0) is 16.0 Å². The van der Waals surface area contributed by atoms with Crippen LogP contribution in [0.1, 0.15) is 57.1 Å². The Labute approximate surface area is 250 Å². The van der Waals surface area contributed by atoms with E-state index in [4.69, 9.17) is 9.15 Å². The average molecular weight is 635 g/mol. The van der Waals surface area contributed by atoms with Crippen LogP contribution in [0.2, 0.25) is 0 Å². The van der Waals surface area contributed by atoms with Crippen molar-refractivity contribution in [2.75, 3.05) is 13.2 Å². The first-order chi connectivity index (χ1) is 20.4. The van der Waals surface area contributed by atoms with Crippen molar-refractivity contribution in [2.45, 2.75) is 83.0 Å². The molecule has 44 heavy (non-hydrogen) atoms. The third kappa shape index (κ3) is 7.55. The number of benzene rings is 2. The van der Waals surface area contributed by atoms with Crippen molar-refractivity contribution in [3.05, 3.63) is 65.7 Å². The third-order valence-electron chi connectivity index (χ3n) is 7.11. The summed E-state index contributed by atoms with van der Waals surface area (Å²) in [5, 5.41) is 0.631. The van der Waals surface area contributed by atoms with E-state index in [1.165, 1.54) is 23.8 Å². The minimum atomic E-state index is -6.48. The summed E-state index contributed by atoms with van der Waals surface area (Å²) < 4.78 is 129. The lowest BCUT2D eigenvalue weighted by Gasteiger charge is -2.36. The van der Waals surface area contributed by atoms with Gasteiger partial charge in [0.15, 0.2) is 0 Å². The zero-order valence-electron chi connectivity index (χ0n) is 24.6. The van der Waals surface area contributed by atoms with Crippen molar-refractivity contribution in [3.63, 3.8) is 0 Å². The third-order valence-corrected chi connectivity index (χ3v) is 7.11. The second-order valence-electron chi connectivity index (χ2n) is 10.7. The van der Waals surface area contributed by atoms with E-state index < -0.39 is 55.7 Å². The highest BCUT2D eigenvalue weighted by Gasteiger charge is 2.79. The first-order valence-electron chi connectivity index (χ1n) is 14.0. The Kier molecular flexibility index (Phi) is 10.8. The predicted molar refractivity (Wildman–Crippen MR) is 150 cm³/mol. The molecular weight excluding hydrogens is 600 g/mol. The van der Waals surface area contributed by atoms with Gasteiger partial charge in [0, 0.05) is 22.6 Å². The fourth-order valence-electron chi connectivity index (χ4n) is 4.44. The van der Waals surface area contributed by atoms with Crippen LogP contribution in [0, 0.1) is 6.92 Å². The molecule has 3 aromatic rings. The molecule has 0 aliphatic carbocycles. The van der Waals surface area contributed by atoms with Crippen molar-refractivity contribution in [3.8, 4) is 17.1 Å². The Morgan fingerprint density at radius 2 is 1.50 bits per heavy atom. The maximum Gasteiger partial charge on any atom is 0.378 e. The van der Waals surface area contributed by atoms with E-state index in [1.54, 1.807) is 6.07 Å². The standard InChI is InChI=1S/C32H34F8O4/c1-5-6-7-8-22-9-12-25(21(4)17-22)27-18-23-10-11-24(19-26(23)44-27)42-15-13-29(33,34)31(37,38)32(39,40)30(35,36)14-16-43-28(41)20(2)3/h9-12,17-19H,2,5-8,13-16H2,1,3-4H3. The fourth-order valence-corrected chi connectivity index (χ4v) is 4.44. The van der Waals surface area contributed by atoms with E-state index in [9.17, 15) is 39.9 Å². The molecule has 0 N–H and O–H groups in total. The van der Waals surface area contributed by atoms with E-state index in [0.29, 0.717) is 16.7 Å². The molecule has 4 nitrogen and oxygen atoms in total. The zero-order valence-corrected chi connectivity index (χ0v) is 24.6. The van der Waals surface area contributed by atoms with Gasteiger partial charge in [-0.25, -0.2) is 4.79 Å². The molecule has 0 saturated heterocycles. The number of unbranched alkanes of at least 4 members (excludes halogenated alkanes) is 2. The highest BCUT2D eigenvalue weighted by atomic mass is 19.4. The Morgan fingerprint density at radius 1 is 0.864 bits per heavy atom. The summed E-state index contributed by atoms with van der Waals surface area (Å²) in [5.41, 5.74) is 3.03. The Morgan fingerprint density at radius 3 is 2.09 bits per heavy atom. The quantitative estimate of drug-likeness (QED) is 0.0681. The molecule has 0 atom stereocenters. The van der Waals surface area contributed by atoms with Crippen molar-refractivity contribution in [2.24, 2.45) is 0 Å². The minimum Gasteiger partial charge on any atom is -0.493 e. The van der Waals surface area contributed by atoms with Crippen LogP contribution >= 0.6 is 0 Å². The molecule has 0 saturated carbocycles. The number of fused-ring (bicyclic) bond motifs is 1. The summed E-state index contributed by atoms with van der Waals surface area (Å²) in [6.07, 6.45) is 0.164. The van der Waals surface area contributed by atoms with Gasteiger partial charge in [-0.1, -0.05) is 44.5 Å². The van der Waals surface area contributed by atoms with Gasteiger partial charge in [-0.2, -0.15) is 35.1 Å². The molecule has 0 bridgehead atoms. The molecular formula is C32H34F8O4. The van der Waals surface area contributed by atoms with Gasteiger partial charge >= 0.3 is 29.7 Å². The second-order valence-corrected chi connectivity index (χ2v) is 10.7. The number of alkyl halides is 8. The van der Waals surface area contributed by atoms with Crippen molar-refractivity contribution in [1.29, 1.82) is 0 Å². The van der Waals surface area contributed by atoms with Crippen molar-refractivity contribution >= 4 is 16.9 Å². The Balaban J connectivity index is 1.66. The van der Waals surface area contributed by atoms with E-state index in [1.807, 2.05) is 19.1 Å². The molecule has 0 aliphatic rings. The molecule has 2 aromatic carbocycles. The number of ether oxygens (including phenoxy) is 2. The number of hydrogen-bond donors (Lipinski definition) is 0. The van der Waals surface area contributed by atoms with Gasteiger partial charge in [-0.3, -0.25) is 0 Å². The lowest BCUT2D eigenvalue weighted by atomic mass is 9.95. The van der Waals surface area contributed by atoms with E-state index in [-0.39, 0.29) is 11.3 Å². The fraction of sp³-hybridized carbons (Fsp3) is 0.469. The molecule has 242 valence electrons. The lowest BCUT2D eigenvalue weighted by molar-refractivity contribution is -0.368. The highest BCUT2D eigenvalue weighted by molar-refractivity contribution is 5.87. The van der Waals surface area contributed by atoms with Gasteiger partial charge in [0.05, 0.1) is 26.1 Å². The van der Waals surface area contributed by atoms with Gasteiger partial charge in [0.1, 0.15) is 17.1 Å². The molecule has 0 aliphatic heterocycles. The second kappa shape index (κ2) is 13.6. The summed E-state index contributed by atoms with van der Waals surface area (Å²) in [6.45, 7) is 5.72. The SMILES string of the molecule is C=C(C)C(=O)OCCC(F)(F)C(F)(F)C(F)(F)C(F)(F)CCOc1ccc2cc(-c3ccc(CCCCC)cc3C)oc2c1. The first kappa shape index (κ1) is 34.9. The summed E-state index contributed by atoms with van der Waals surface area (Å²) in [4.78, 5) is 11.2. The normalized spacial score (nSPS) is 12.9. The summed E-state index contributed by atoms with van der Waals surface area (Å²) in [5.74, 6) is -25.0. The van der Waals surface area contributed by atoms with Gasteiger partial charge < -0.3 is 13.9 Å². The van der Waals surface area contributed by atoms with E-state index in [2.05, 4.69) is 24.3 Å². The monoisotopic (exact) mass is 634 g/mol. The zero-order chi connectivity index (χ0) is 32.9. The topological polar surface area (TPSA) is 48.7 Å². The van der Waals surface area contributed by atoms with Gasteiger partial charge in [-0.05, 0) is 56.0 Å². The van der Waals surface area contributed by atoms with Crippen LogP contribution in [0.15, 0.2) is 59.0 Å². The largest absolute Gasteiger partial charge is 0.493 e. The molecule has 0 spiro atoms. The van der Waals surface area contributed by atoms with E-state index >= 15 is 0 Å². The van der Waals surface area contributed by atoms with Crippen LogP contribution in [-0.4, -0.2) is 42.9 Å². The number of furan rings is 1.